The number of aromatic nitrogens is 2. The number of hydrogen-bond acceptors (Lipinski definition) is 10. The van der Waals surface area contributed by atoms with Gasteiger partial charge in [-0.25, -0.2) is 9.97 Å². The number of methoxy groups -OCH3 is 2. The van der Waals surface area contributed by atoms with Gasteiger partial charge >= 0.3 is 0 Å². The van der Waals surface area contributed by atoms with Crippen molar-refractivity contribution in [1.82, 2.24) is 30.4 Å². The molecule has 0 bridgehead atoms. The number of piperazine rings is 2. The molecule has 12 nitrogen and oxygen atoms in total. The van der Waals surface area contributed by atoms with E-state index < -0.39 is 0 Å². The Morgan fingerprint density at radius 2 is 1.08 bits per heavy atom. The van der Waals surface area contributed by atoms with Crippen LogP contribution < -0.4 is 29.9 Å². The second-order valence-corrected chi connectivity index (χ2v) is 13.1. The number of rotatable bonds is 12. The van der Waals surface area contributed by atoms with E-state index in [9.17, 15) is 9.59 Å². The molecule has 0 unspecified atom stereocenters. The van der Waals surface area contributed by atoms with Crippen molar-refractivity contribution >= 4 is 23.5 Å². The average Bonchev–Trinajstić information content (AvgIpc) is 3.19. The zero-order valence-electron chi connectivity index (χ0n) is 30.9. The number of hydrogen-bond donors (Lipinski definition) is 2. The highest BCUT2D eigenvalue weighted by atomic mass is 16.5. The second-order valence-electron chi connectivity index (χ2n) is 13.1. The lowest BCUT2D eigenvalue weighted by Gasteiger charge is -2.33. The van der Waals surface area contributed by atoms with Gasteiger partial charge in [-0.3, -0.25) is 9.59 Å². The second kappa shape index (κ2) is 19.4. The number of amides is 2. The van der Waals surface area contributed by atoms with Crippen LogP contribution in [0.5, 0.6) is 11.5 Å². The van der Waals surface area contributed by atoms with Crippen LogP contribution in [0.3, 0.4) is 0 Å². The predicted octanol–water partition coefficient (Wildman–Crippen LogP) is 3.63. The van der Waals surface area contributed by atoms with Crippen molar-refractivity contribution in [3.8, 4) is 11.5 Å². The Hall–Kier alpha value is -5.20. The van der Waals surface area contributed by atoms with Gasteiger partial charge in [0.15, 0.2) is 0 Å². The number of carbonyl (C=O) groups is 2. The minimum Gasteiger partial charge on any atom is -0.497 e. The van der Waals surface area contributed by atoms with Crippen LogP contribution >= 0.6 is 0 Å². The molecule has 2 N–H and O–H groups in total. The summed E-state index contributed by atoms with van der Waals surface area (Å²) in [6.07, 6.45) is 4.86. The molecule has 0 radical (unpaired) electrons. The van der Waals surface area contributed by atoms with Crippen LogP contribution in [0, 0.1) is 0 Å². The van der Waals surface area contributed by atoms with Crippen LogP contribution in [-0.4, -0.2) is 125 Å². The van der Waals surface area contributed by atoms with E-state index in [1.54, 1.807) is 26.6 Å². The van der Waals surface area contributed by atoms with Crippen LogP contribution in [0.1, 0.15) is 31.8 Å². The summed E-state index contributed by atoms with van der Waals surface area (Å²) < 4.78 is 10.4. The van der Waals surface area contributed by atoms with Gasteiger partial charge in [-0.2, -0.15) is 0 Å². The molecule has 2 aromatic heterocycles. The maximum Gasteiger partial charge on any atom is 0.252 e. The molecule has 276 valence electrons. The topological polar surface area (TPSA) is 115 Å². The van der Waals surface area contributed by atoms with E-state index >= 15 is 0 Å². The summed E-state index contributed by atoms with van der Waals surface area (Å²) in [5.41, 5.74) is 3.48. The van der Waals surface area contributed by atoms with E-state index in [1.165, 1.54) is 0 Å². The maximum atomic E-state index is 12.3. The Morgan fingerprint density at radius 1 is 0.596 bits per heavy atom. The highest BCUT2D eigenvalue weighted by molar-refractivity contribution is 5.94. The van der Waals surface area contributed by atoms with Gasteiger partial charge < -0.3 is 39.7 Å². The number of anilines is 2. The van der Waals surface area contributed by atoms with Gasteiger partial charge in [0.05, 0.1) is 25.3 Å². The molecular weight excluding hydrogens is 656 g/mol. The molecular formula is C40H52N8O4. The minimum atomic E-state index is -0.0923. The summed E-state index contributed by atoms with van der Waals surface area (Å²) in [5, 5.41) is 5.90. The standard InChI is InChI=1S/2C20H26N4O2/c1-23-11-13-24(14-12-23)19-8-5-17(15-22-19)20(25)21-10-9-16-3-6-18(26-2)7-4-16;1-23-10-12-24(13-11-23)19-7-6-17(15-22-19)20(25)21-9-8-16-4-3-5-18(14-16)26-2/h3-8,15H,9-14H2,1-2H3,(H,21,25);3-7,14-15H,8-13H2,1-2H3,(H,21,25). The van der Waals surface area contributed by atoms with Crippen LogP contribution in [0.4, 0.5) is 11.6 Å². The number of nitrogens with zero attached hydrogens (tertiary/aromatic N) is 6. The minimum absolute atomic E-state index is 0.0871. The molecule has 2 saturated heterocycles. The average molecular weight is 709 g/mol. The Balaban J connectivity index is 0.000000201. The zero-order valence-corrected chi connectivity index (χ0v) is 30.9. The van der Waals surface area contributed by atoms with Crippen molar-refractivity contribution in [2.45, 2.75) is 12.8 Å². The van der Waals surface area contributed by atoms with E-state index in [2.05, 4.69) is 54.3 Å². The summed E-state index contributed by atoms with van der Waals surface area (Å²) in [5.74, 6) is 3.36. The van der Waals surface area contributed by atoms with Gasteiger partial charge in [0.1, 0.15) is 23.1 Å². The molecule has 2 aromatic carbocycles. The van der Waals surface area contributed by atoms with Gasteiger partial charge in [0, 0.05) is 77.8 Å². The fourth-order valence-electron chi connectivity index (χ4n) is 5.95. The Morgan fingerprint density at radius 3 is 1.52 bits per heavy atom. The SMILES string of the molecule is COc1ccc(CCNC(=O)c2ccc(N3CCN(C)CC3)nc2)cc1.COc1cccc(CCNC(=O)c2ccc(N3CCN(C)CC3)nc2)c1. The lowest BCUT2D eigenvalue weighted by molar-refractivity contribution is 0.0945. The largest absolute Gasteiger partial charge is 0.497 e. The Labute approximate surface area is 307 Å². The van der Waals surface area contributed by atoms with Crippen molar-refractivity contribution in [3.05, 3.63) is 107 Å². The molecule has 0 atom stereocenters. The monoisotopic (exact) mass is 708 g/mol. The van der Waals surface area contributed by atoms with E-state index in [1.807, 2.05) is 72.8 Å². The molecule has 52 heavy (non-hydrogen) atoms. The molecule has 6 rings (SSSR count). The molecule has 4 heterocycles. The molecule has 0 spiro atoms. The van der Waals surface area contributed by atoms with Gasteiger partial charge in [0.25, 0.3) is 11.8 Å². The van der Waals surface area contributed by atoms with E-state index in [4.69, 9.17) is 9.47 Å². The van der Waals surface area contributed by atoms with Crippen LogP contribution in [0.2, 0.25) is 0 Å². The lowest BCUT2D eigenvalue weighted by atomic mass is 10.1. The maximum absolute atomic E-state index is 12.3. The summed E-state index contributed by atoms with van der Waals surface area (Å²) in [4.78, 5) is 42.6. The fourth-order valence-corrected chi connectivity index (χ4v) is 5.95. The quantitative estimate of drug-likeness (QED) is 0.226. The number of nitrogens with one attached hydrogen (secondary N) is 2. The van der Waals surface area contributed by atoms with E-state index in [-0.39, 0.29) is 11.8 Å². The predicted molar refractivity (Wildman–Crippen MR) is 206 cm³/mol. The van der Waals surface area contributed by atoms with Crippen LogP contribution in [0.15, 0.2) is 85.2 Å². The molecule has 2 fully saturated rings. The molecule has 0 aliphatic carbocycles. The van der Waals surface area contributed by atoms with Crippen LogP contribution in [0.25, 0.3) is 0 Å². The first-order chi connectivity index (χ1) is 25.3. The molecule has 2 amide bonds. The van der Waals surface area contributed by atoms with Gasteiger partial charge in [-0.15, -0.1) is 0 Å². The van der Waals surface area contributed by atoms with E-state index in [0.717, 1.165) is 99.5 Å². The van der Waals surface area contributed by atoms with Crippen molar-refractivity contribution in [3.63, 3.8) is 0 Å². The number of benzene rings is 2. The highest BCUT2D eigenvalue weighted by Gasteiger charge is 2.17. The van der Waals surface area contributed by atoms with Crippen LogP contribution in [-0.2, 0) is 12.8 Å². The summed E-state index contributed by atoms with van der Waals surface area (Å²) >= 11 is 0. The molecule has 2 aliphatic heterocycles. The first-order valence-electron chi connectivity index (χ1n) is 17.9. The summed E-state index contributed by atoms with van der Waals surface area (Å²) in [6.45, 7) is 9.18. The summed E-state index contributed by atoms with van der Waals surface area (Å²) in [7, 11) is 7.56. The van der Waals surface area contributed by atoms with Gasteiger partial charge in [-0.1, -0.05) is 24.3 Å². The zero-order chi connectivity index (χ0) is 36.7. The number of ether oxygens (including phenoxy) is 2. The highest BCUT2D eigenvalue weighted by Crippen LogP contribution is 2.16. The third-order valence-electron chi connectivity index (χ3n) is 9.37. The molecule has 12 heteroatoms. The normalized spacial score (nSPS) is 14.9. The van der Waals surface area contributed by atoms with Crippen molar-refractivity contribution in [2.24, 2.45) is 0 Å². The Bertz CT molecular complexity index is 1690. The van der Waals surface area contributed by atoms with Crippen molar-refractivity contribution in [2.75, 3.05) is 104 Å². The third kappa shape index (κ3) is 11.4. The van der Waals surface area contributed by atoms with E-state index in [0.29, 0.717) is 24.2 Å². The summed E-state index contributed by atoms with van der Waals surface area (Å²) in [6, 6.07) is 23.3. The molecule has 2 aliphatic rings. The Kier molecular flexibility index (Phi) is 14.2. The third-order valence-corrected chi connectivity index (χ3v) is 9.37. The molecule has 0 saturated carbocycles. The molecule has 4 aromatic rings. The number of likely N-dealkylation sites (N-methyl/N-ethyl adjacent to an activating group) is 2. The number of pyridine rings is 2. The first kappa shape index (κ1) is 38.0. The van der Waals surface area contributed by atoms with Crippen molar-refractivity contribution < 1.29 is 19.1 Å². The fraction of sp³-hybridized carbons (Fsp3) is 0.400. The lowest BCUT2D eigenvalue weighted by Crippen LogP contribution is -2.44. The van der Waals surface area contributed by atoms with Gasteiger partial charge in [-0.05, 0) is 86.6 Å². The smallest absolute Gasteiger partial charge is 0.252 e. The number of carbonyl (C=O) groups excluding carboxylic acids is 2. The van der Waals surface area contributed by atoms with Crippen molar-refractivity contribution in [1.29, 1.82) is 0 Å². The first-order valence-corrected chi connectivity index (χ1v) is 17.9. The van der Waals surface area contributed by atoms with Gasteiger partial charge in [0.2, 0.25) is 0 Å².